The van der Waals surface area contributed by atoms with Crippen LogP contribution in [0.3, 0.4) is 0 Å². The van der Waals surface area contributed by atoms with E-state index in [9.17, 15) is 0 Å². The number of hydrogen-bond acceptors (Lipinski definition) is 7. The maximum absolute atomic E-state index is 6.11. The molecule has 4 rings (SSSR count). The zero-order valence-electron chi connectivity index (χ0n) is 11.4. The Kier molecular flexibility index (Phi) is 3.59. The second kappa shape index (κ2) is 5.73. The van der Waals surface area contributed by atoms with E-state index in [0.29, 0.717) is 33.7 Å². The third-order valence-electron chi connectivity index (χ3n) is 3.24. The average Bonchev–Trinajstić information content (AvgIpc) is 3.09. The number of hydrogen-bond donors (Lipinski definition) is 0. The molecule has 0 radical (unpaired) electrons. The minimum Gasteiger partial charge on any atom is -0.424 e. The second-order valence-corrected chi connectivity index (χ2v) is 6.28. The third kappa shape index (κ3) is 2.86. The zero-order valence-corrected chi connectivity index (χ0v) is 13.0. The van der Waals surface area contributed by atoms with E-state index in [-0.39, 0.29) is 0 Å². The van der Waals surface area contributed by atoms with E-state index in [1.165, 1.54) is 11.8 Å². The second-order valence-electron chi connectivity index (χ2n) is 4.95. The molecule has 0 aliphatic heterocycles. The van der Waals surface area contributed by atoms with Crippen LogP contribution in [0.5, 0.6) is 0 Å². The Morgan fingerprint density at radius 2 is 1.95 bits per heavy atom. The first-order chi connectivity index (χ1) is 10.8. The molecule has 8 heteroatoms. The van der Waals surface area contributed by atoms with Crippen molar-refractivity contribution in [3.63, 3.8) is 0 Å². The van der Waals surface area contributed by atoms with Crippen molar-refractivity contribution < 1.29 is 8.83 Å². The first kappa shape index (κ1) is 13.8. The Morgan fingerprint density at radius 3 is 2.77 bits per heavy atom. The maximum atomic E-state index is 6.11. The van der Waals surface area contributed by atoms with E-state index in [4.69, 9.17) is 20.4 Å². The van der Waals surface area contributed by atoms with Gasteiger partial charge in [-0.1, -0.05) is 35.5 Å². The van der Waals surface area contributed by atoms with Crippen molar-refractivity contribution in [1.29, 1.82) is 0 Å². The monoisotopic (exact) mass is 334 g/mol. The summed E-state index contributed by atoms with van der Waals surface area (Å²) in [5, 5.41) is 17.1. The molecule has 0 unspecified atom stereocenters. The van der Waals surface area contributed by atoms with Crippen LogP contribution in [0.4, 0.5) is 0 Å². The highest BCUT2D eigenvalue weighted by atomic mass is 35.5. The van der Waals surface area contributed by atoms with Crippen LogP contribution in [0.2, 0.25) is 5.02 Å². The largest absolute Gasteiger partial charge is 0.424 e. The number of thioether (sulfide) groups is 1. The summed E-state index contributed by atoms with van der Waals surface area (Å²) in [6.07, 6.45) is 2.28. The number of halogens is 1. The first-order valence-electron chi connectivity index (χ1n) is 6.83. The van der Waals surface area contributed by atoms with Gasteiger partial charge in [-0.05, 0) is 25.0 Å². The molecule has 0 amide bonds. The normalized spacial score (nSPS) is 14.4. The first-order valence-corrected chi connectivity index (χ1v) is 8.19. The summed E-state index contributed by atoms with van der Waals surface area (Å²) in [5.41, 5.74) is 0.720. The van der Waals surface area contributed by atoms with Crippen LogP contribution in [-0.4, -0.2) is 20.4 Å². The molecular weight excluding hydrogens is 324 g/mol. The highest BCUT2D eigenvalue weighted by molar-refractivity contribution is 7.98. The fourth-order valence-electron chi connectivity index (χ4n) is 1.96. The maximum Gasteiger partial charge on any atom is 0.277 e. The third-order valence-corrected chi connectivity index (χ3v) is 4.37. The lowest BCUT2D eigenvalue weighted by atomic mass is 10.2. The Morgan fingerprint density at radius 1 is 1.09 bits per heavy atom. The van der Waals surface area contributed by atoms with Gasteiger partial charge in [0.1, 0.15) is 0 Å². The van der Waals surface area contributed by atoms with Gasteiger partial charge in [-0.25, -0.2) is 0 Å². The molecule has 6 nitrogen and oxygen atoms in total. The van der Waals surface area contributed by atoms with Crippen molar-refractivity contribution in [2.45, 2.75) is 29.7 Å². The van der Waals surface area contributed by atoms with Crippen molar-refractivity contribution in [2.24, 2.45) is 0 Å². The van der Waals surface area contributed by atoms with Crippen molar-refractivity contribution in [1.82, 2.24) is 20.4 Å². The quantitative estimate of drug-likeness (QED) is 0.654. The highest BCUT2D eigenvalue weighted by Crippen LogP contribution is 2.39. The standard InChI is InChI=1S/C14H11ClN4O2S/c15-10-4-2-1-3-9(10)13-18-19-14(21-13)22-7-11-16-17-12(20-11)8-5-6-8/h1-4,8H,5-7H2. The highest BCUT2D eigenvalue weighted by Gasteiger charge is 2.29. The predicted molar refractivity (Wildman–Crippen MR) is 80.6 cm³/mol. The lowest BCUT2D eigenvalue weighted by molar-refractivity contribution is 0.457. The summed E-state index contributed by atoms with van der Waals surface area (Å²) in [6.45, 7) is 0. The molecule has 2 heterocycles. The number of aromatic nitrogens is 4. The molecular formula is C14H11ClN4O2S. The van der Waals surface area contributed by atoms with Crippen LogP contribution >= 0.6 is 23.4 Å². The lowest BCUT2D eigenvalue weighted by Crippen LogP contribution is -1.80. The van der Waals surface area contributed by atoms with Gasteiger partial charge in [0.25, 0.3) is 5.22 Å². The molecule has 2 aromatic heterocycles. The van der Waals surface area contributed by atoms with Crippen molar-refractivity contribution in [3.05, 3.63) is 41.1 Å². The van der Waals surface area contributed by atoms with Crippen LogP contribution in [0, 0.1) is 0 Å². The van der Waals surface area contributed by atoms with Gasteiger partial charge >= 0.3 is 0 Å². The molecule has 3 aromatic rings. The number of rotatable bonds is 5. The van der Waals surface area contributed by atoms with E-state index >= 15 is 0 Å². The predicted octanol–water partition coefficient (Wildman–Crippen LogP) is 3.94. The summed E-state index contributed by atoms with van der Waals surface area (Å²) in [4.78, 5) is 0. The summed E-state index contributed by atoms with van der Waals surface area (Å²) in [5.74, 6) is 2.67. The minimum absolute atomic E-state index is 0.400. The van der Waals surface area contributed by atoms with Gasteiger partial charge in [0.2, 0.25) is 17.7 Å². The van der Waals surface area contributed by atoms with Gasteiger partial charge in [-0.3, -0.25) is 0 Å². The molecule has 0 atom stereocenters. The van der Waals surface area contributed by atoms with Gasteiger partial charge in [0.05, 0.1) is 16.3 Å². The summed E-state index contributed by atoms with van der Waals surface area (Å²) >= 11 is 7.47. The smallest absolute Gasteiger partial charge is 0.277 e. The summed E-state index contributed by atoms with van der Waals surface area (Å²) in [7, 11) is 0. The van der Waals surface area contributed by atoms with Crippen LogP contribution in [0.25, 0.3) is 11.5 Å². The van der Waals surface area contributed by atoms with Gasteiger partial charge in [0.15, 0.2) is 0 Å². The Labute approximate surface area is 135 Å². The lowest BCUT2D eigenvalue weighted by Gasteiger charge is -1.96. The van der Waals surface area contributed by atoms with Crippen LogP contribution < -0.4 is 0 Å². The van der Waals surface area contributed by atoms with Crippen molar-refractivity contribution in [2.75, 3.05) is 0 Å². The topological polar surface area (TPSA) is 77.8 Å². The number of nitrogens with zero attached hydrogens (tertiary/aromatic N) is 4. The van der Waals surface area contributed by atoms with Crippen molar-refractivity contribution in [3.8, 4) is 11.5 Å². The van der Waals surface area contributed by atoms with Crippen molar-refractivity contribution >= 4 is 23.4 Å². The van der Waals surface area contributed by atoms with Gasteiger partial charge in [-0.2, -0.15) is 0 Å². The van der Waals surface area contributed by atoms with Crippen LogP contribution in [-0.2, 0) is 5.75 Å². The fourth-order valence-corrected chi connectivity index (χ4v) is 2.77. The molecule has 22 heavy (non-hydrogen) atoms. The van der Waals surface area contributed by atoms with Crippen LogP contribution in [0.15, 0.2) is 38.3 Å². The van der Waals surface area contributed by atoms with E-state index in [0.717, 1.165) is 24.3 Å². The van der Waals surface area contributed by atoms with Gasteiger partial charge in [0, 0.05) is 5.92 Å². The molecule has 1 saturated carbocycles. The van der Waals surface area contributed by atoms with E-state index in [2.05, 4.69) is 20.4 Å². The molecule has 1 aliphatic carbocycles. The molecule has 0 spiro atoms. The Balaban J connectivity index is 1.44. The molecule has 1 fully saturated rings. The molecule has 0 N–H and O–H groups in total. The molecule has 1 aliphatic rings. The molecule has 0 saturated heterocycles. The van der Waals surface area contributed by atoms with Gasteiger partial charge in [-0.15, -0.1) is 20.4 Å². The molecule has 1 aromatic carbocycles. The minimum atomic E-state index is 0.400. The van der Waals surface area contributed by atoms with Crippen LogP contribution in [0.1, 0.15) is 30.5 Å². The summed E-state index contributed by atoms with van der Waals surface area (Å²) < 4.78 is 11.2. The summed E-state index contributed by atoms with van der Waals surface area (Å²) in [6, 6.07) is 7.34. The van der Waals surface area contributed by atoms with Gasteiger partial charge < -0.3 is 8.83 Å². The SMILES string of the molecule is Clc1ccccc1-c1nnc(SCc2nnc(C3CC3)o2)o1. The van der Waals surface area contributed by atoms with E-state index in [1.807, 2.05) is 18.2 Å². The Hall–Kier alpha value is -1.86. The Bertz CT molecular complexity index is 800. The van der Waals surface area contributed by atoms with E-state index in [1.54, 1.807) is 6.07 Å². The fraction of sp³-hybridized carbons (Fsp3) is 0.286. The molecule has 112 valence electrons. The average molecular weight is 335 g/mol. The number of benzene rings is 1. The zero-order chi connectivity index (χ0) is 14.9. The molecule has 0 bridgehead atoms. The van der Waals surface area contributed by atoms with E-state index < -0.39 is 0 Å².